The molecule has 0 bridgehead atoms. The Kier molecular flexibility index (Phi) is 5.03. The number of methoxy groups -OCH3 is 1. The van der Waals surface area contributed by atoms with Gasteiger partial charge in [0.2, 0.25) is 0 Å². The van der Waals surface area contributed by atoms with Crippen LogP contribution in [-0.4, -0.2) is 37.5 Å². The molecule has 0 saturated carbocycles. The average molecular weight is 426 g/mol. The fraction of sp³-hybridized carbons (Fsp3) is 0.167. The lowest BCUT2D eigenvalue weighted by molar-refractivity contribution is 0.0599. The van der Waals surface area contributed by atoms with Crippen LogP contribution >= 0.6 is 0 Å². The van der Waals surface area contributed by atoms with E-state index in [1.807, 2.05) is 54.2 Å². The number of benzene rings is 2. The molecular formula is C24H22N6O2. The van der Waals surface area contributed by atoms with Crippen molar-refractivity contribution in [3.8, 4) is 0 Å². The zero-order chi connectivity index (χ0) is 22.1. The van der Waals surface area contributed by atoms with E-state index >= 15 is 0 Å². The third-order valence-electron chi connectivity index (χ3n) is 5.52. The number of anilines is 2. The zero-order valence-electron chi connectivity index (χ0n) is 17.8. The van der Waals surface area contributed by atoms with Gasteiger partial charge in [0, 0.05) is 17.3 Å². The van der Waals surface area contributed by atoms with Crippen LogP contribution in [-0.2, 0) is 17.7 Å². The van der Waals surface area contributed by atoms with E-state index in [0.29, 0.717) is 24.3 Å². The Labute approximate surface area is 184 Å². The summed E-state index contributed by atoms with van der Waals surface area (Å²) in [7, 11) is 1.38. The molecule has 8 nitrogen and oxygen atoms in total. The van der Waals surface area contributed by atoms with Gasteiger partial charge in [0.05, 0.1) is 30.9 Å². The number of nitrogens with zero attached hydrogens (tertiary/aromatic N) is 5. The second-order valence-corrected chi connectivity index (χ2v) is 7.45. The molecule has 0 amide bonds. The van der Waals surface area contributed by atoms with E-state index in [-0.39, 0.29) is 5.97 Å². The smallest absolute Gasteiger partial charge is 0.339 e. The molecule has 5 aromatic rings. The van der Waals surface area contributed by atoms with Crippen molar-refractivity contribution in [1.29, 1.82) is 0 Å². The van der Waals surface area contributed by atoms with Crippen LogP contribution in [0.2, 0.25) is 0 Å². The van der Waals surface area contributed by atoms with Crippen LogP contribution in [0.3, 0.4) is 0 Å². The number of hydrogen-bond acceptors (Lipinski definition) is 6. The van der Waals surface area contributed by atoms with Crippen LogP contribution in [0.5, 0.6) is 0 Å². The maximum atomic E-state index is 12.2. The van der Waals surface area contributed by atoms with E-state index in [1.54, 1.807) is 10.7 Å². The lowest BCUT2D eigenvalue weighted by atomic mass is 10.1. The largest absolute Gasteiger partial charge is 0.465 e. The van der Waals surface area contributed by atoms with Gasteiger partial charge in [0.1, 0.15) is 11.8 Å². The van der Waals surface area contributed by atoms with Gasteiger partial charge in [0.15, 0.2) is 5.82 Å². The number of carbonyl (C=O) groups excluding carboxylic acids is 1. The Morgan fingerprint density at radius 2 is 1.97 bits per heavy atom. The first-order chi connectivity index (χ1) is 15.7. The fourth-order valence-corrected chi connectivity index (χ4v) is 3.99. The number of ether oxygens (including phenoxy) is 1. The Bertz CT molecular complexity index is 1420. The maximum absolute atomic E-state index is 12.2. The highest BCUT2D eigenvalue weighted by Crippen LogP contribution is 2.28. The zero-order valence-corrected chi connectivity index (χ0v) is 17.8. The molecule has 0 atom stereocenters. The van der Waals surface area contributed by atoms with Gasteiger partial charge in [-0.3, -0.25) is 4.68 Å². The van der Waals surface area contributed by atoms with E-state index in [4.69, 9.17) is 4.74 Å². The van der Waals surface area contributed by atoms with Gasteiger partial charge in [-0.05, 0) is 35.7 Å². The summed E-state index contributed by atoms with van der Waals surface area (Å²) in [4.78, 5) is 16.6. The number of aryl methyl sites for hydroxylation is 1. The predicted octanol–water partition coefficient (Wildman–Crippen LogP) is 4.22. The van der Waals surface area contributed by atoms with Crippen molar-refractivity contribution in [1.82, 2.24) is 24.4 Å². The summed E-state index contributed by atoms with van der Waals surface area (Å²) in [6, 6.07) is 16.3. The van der Waals surface area contributed by atoms with Gasteiger partial charge in [-0.2, -0.15) is 10.2 Å². The lowest BCUT2D eigenvalue weighted by Gasteiger charge is -2.09. The highest BCUT2D eigenvalue weighted by molar-refractivity contribution is 5.96. The first-order valence-electron chi connectivity index (χ1n) is 10.4. The molecular weight excluding hydrogens is 404 g/mol. The monoisotopic (exact) mass is 426 g/mol. The van der Waals surface area contributed by atoms with Gasteiger partial charge in [0.25, 0.3) is 0 Å². The molecule has 0 saturated heterocycles. The van der Waals surface area contributed by atoms with Crippen LogP contribution in [0.15, 0.2) is 67.3 Å². The number of esters is 1. The van der Waals surface area contributed by atoms with Crippen LogP contribution < -0.4 is 5.32 Å². The van der Waals surface area contributed by atoms with Crippen LogP contribution in [0, 0.1) is 0 Å². The van der Waals surface area contributed by atoms with E-state index in [1.165, 1.54) is 19.0 Å². The van der Waals surface area contributed by atoms with Gasteiger partial charge >= 0.3 is 5.97 Å². The second-order valence-electron chi connectivity index (χ2n) is 7.45. The molecule has 0 radical (unpaired) electrons. The molecule has 0 fully saturated rings. The van der Waals surface area contributed by atoms with Crippen molar-refractivity contribution in [2.45, 2.75) is 19.9 Å². The van der Waals surface area contributed by atoms with Gasteiger partial charge in [-0.25, -0.2) is 14.3 Å². The number of aromatic nitrogens is 5. The van der Waals surface area contributed by atoms with Crippen molar-refractivity contribution in [2.24, 2.45) is 0 Å². The minimum absolute atomic E-state index is 0.384. The van der Waals surface area contributed by atoms with Crippen molar-refractivity contribution < 1.29 is 9.53 Å². The second kappa shape index (κ2) is 8.14. The van der Waals surface area contributed by atoms with Gasteiger partial charge < -0.3 is 10.1 Å². The molecule has 0 unspecified atom stereocenters. The molecule has 0 spiro atoms. The van der Waals surface area contributed by atoms with Crippen LogP contribution in [0.4, 0.5) is 11.5 Å². The van der Waals surface area contributed by atoms with Crippen LogP contribution in [0.25, 0.3) is 16.4 Å². The van der Waals surface area contributed by atoms with Gasteiger partial charge in [-0.1, -0.05) is 37.3 Å². The van der Waals surface area contributed by atoms with Crippen molar-refractivity contribution in [3.05, 3.63) is 83.9 Å². The highest BCUT2D eigenvalue weighted by Gasteiger charge is 2.20. The van der Waals surface area contributed by atoms with Crippen molar-refractivity contribution in [3.63, 3.8) is 0 Å². The summed E-state index contributed by atoms with van der Waals surface area (Å²) < 4.78 is 8.58. The number of rotatable bonds is 6. The van der Waals surface area contributed by atoms with Crippen LogP contribution in [0.1, 0.15) is 28.4 Å². The summed E-state index contributed by atoms with van der Waals surface area (Å²) in [6.07, 6.45) is 5.66. The third kappa shape index (κ3) is 3.45. The number of carbonyl (C=O) groups is 1. The third-order valence-corrected chi connectivity index (χ3v) is 5.52. The minimum atomic E-state index is -0.384. The van der Waals surface area contributed by atoms with E-state index in [9.17, 15) is 4.79 Å². The molecule has 3 aromatic heterocycles. The molecule has 5 rings (SSSR count). The average Bonchev–Trinajstić information content (AvgIpc) is 3.40. The highest BCUT2D eigenvalue weighted by atomic mass is 16.5. The molecule has 8 heteroatoms. The Hall–Kier alpha value is -4.20. The predicted molar refractivity (Wildman–Crippen MR) is 122 cm³/mol. The quantitative estimate of drug-likeness (QED) is 0.409. The normalized spacial score (nSPS) is 11.2. The first-order valence-corrected chi connectivity index (χ1v) is 10.4. The molecule has 0 aliphatic heterocycles. The molecule has 32 heavy (non-hydrogen) atoms. The standard InChI is InChI=1S/C24H22N6O2/c1-3-19-20(24(31)32-2)14-30-22(19)23(25-15-27-30)28-18-9-10-21-17(11-18)12-26-29(21)13-16-7-5-4-6-8-16/h4-12,14-15H,3,13H2,1-2H3,(H,25,27,28). The van der Waals surface area contributed by atoms with E-state index in [2.05, 4.69) is 32.6 Å². The first kappa shape index (κ1) is 19.7. The Balaban J connectivity index is 1.49. The molecule has 1 N–H and O–H groups in total. The summed E-state index contributed by atoms with van der Waals surface area (Å²) in [5, 5.41) is 13.2. The van der Waals surface area contributed by atoms with E-state index < -0.39 is 0 Å². The van der Waals surface area contributed by atoms with Crippen molar-refractivity contribution in [2.75, 3.05) is 12.4 Å². The minimum Gasteiger partial charge on any atom is -0.465 e. The molecule has 3 heterocycles. The summed E-state index contributed by atoms with van der Waals surface area (Å²) in [5.74, 6) is 0.244. The summed E-state index contributed by atoms with van der Waals surface area (Å²) in [5.41, 5.74) is 5.23. The maximum Gasteiger partial charge on any atom is 0.339 e. The lowest BCUT2D eigenvalue weighted by Crippen LogP contribution is -2.03. The van der Waals surface area contributed by atoms with Crippen molar-refractivity contribution >= 4 is 33.9 Å². The number of hydrogen-bond donors (Lipinski definition) is 1. The number of nitrogens with one attached hydrogen (secondary N) is 1. The molecule has 2 aromatic carbocycles. The number of fused-ring (bicyclic) bond motifs is 2. The molecule has 0 aliphatic rings. The Morgan fingerprint density at radius 3 is 2.75 bits per heavy atom. The SMILES string of the molecule is CCc1c(C(=O)OC)cn2ncnc(Nc3ccc4c(cnn4Cc4ccccc4)c3)c12. The summed E-state index contributed by atoms with van der Waals surface area (Å²) in [6.45, 7) is 2.70. The van der Waals surface area contributed by atoms with E-state index in [0.717, 1.165) is 27.7 Å². The van der Waals surface area contributed by atoms with Gasteiger partial charge in [-0.15, -0.1) is 0 Å². The molecule has 0 aliphatic carbocycles. The summed E-state index contributed by atoms with van der Waals surface area (Å²) >= 11 is 0. The molecule has 160 valence electrons. The Morgan fingerprint density at radius 1 is 1.12 bits per heavy atom. The topological polar surface area (TPSA) is 86.3 Å². The fourth-order valence-electron chi connectivity index (χ4n) is 3.99.